The van der Waals surface area contributed by atoms with Crippen LogP contribution < -0.4 is 5.32 Å². The molecule has 2 rings (SSSR count). The molecule has 1 aromatic heterocycles. The number of ether oxygens (including phenoxy) is 1. The maximum absolute atomic E-state index is 11.4. The number of hydrogen-bond acceptors (Lipinski definition) is 3. The largest absolute Gasteiger partial charge is 0.450 e. The predicted molar refractivity (Wildman–Crippen MR) is 70.4 cm³/mol. The lowest BCUT2D eigenvalue weighted by Gasteiger charge is -2.06. The summed E-state index contributed by atoms with van der Waals surface area (Å²) in [4.78, 5) is 11.4. The van der Waals surface area contributed by atoms with Gasteiger partial charge in [-0.15, -0.1) is 11.3 Å². The number of thiophene rings is 1. The van der Waals surface area contributed by atoms with Crippen LogP contribution in [0.5, 0.6) is 0 Å². The van der Waals surface area contributed by atoms with Crippen LogP contribution in [0.25, 0.3) is 11.1 Å². The number of carbonyl (C=O) groups excluding carboxylic acids is 1. The van der Waals surface area contributed by atoms with Crippen LogP contribution in [0.2, 0.25) is 0 Å². The summed E-state index contributed by atoms with van der Waals surface area (Å²) >= 11 is 1.49. The van der Waals surface area contributed by atoms with E-state index in [1.807, 2.05) is 41.8 Å². The van der Waals surface area contributed by atoms with E-state index in [9.17, 15) is 4.79 Å². The van der Waals surface area contributed by atoms with Crippen molar-refractivity contribution in [3.05, 3.63) is 41.8 Å². The molecule has 0 aliphatic rings. The smallest absolute Gasteiger partial charge is 0.412 e. The van der Waals surface area contributed by atoms with Crippen molar-refractivity contribution >= 4 is 22.4 Å². The number of rotatable bonds is 3. The molecule has 0 saturated heterocycles. The van der Waals surface area contributed by atoms with E-state index in [-0.39, 0.29) is 0 Å². The Morgan fingerprint density at radius 2 is 2.06 bits per heavy atom. The van der Waals surface area contributed by atoms with E-state index in [0.717, 1.165) is 16.1 Å². The van der Waals surface area contributed by atoms with Gasteiger partial charge in [0.25, 0.3) is 0 Å². The van der Waals surface area contributed by atoms with Crippen molar-refractivity contribution in [1.29, 1.82) is 0 Å². The zero-order valence-electron chi connectivity index (χ0n) is 9.47. The van der Waals surface area contributed by atoms with E-state index in [2.05, 4.69) is 5.32 Å². The molecule has 0 aliphatic heterocycles. The first-order chi connectivity index (χ1) is 8.31. The number of amides is 1. The Kier molecular flexibility index (Phi) is 3.77. The third-order valence-corrected chi connectivity index (χ3v) is 3.07. The van der Waals surface area contributed by atoms with Gasteiger partial charge in [-0.05, 0) is 23.9 Å². The number of anilines is 1. The summed E-state index contributed by atoms with van der Waals surface area (Å²) in [5.41, 5.74) is 2.10. The molecule has 0 spiro atoms. The highest BCUT2D eigenvalue weighted by Crippen LogP contribution is 2.32. The summed E-state index contributed by atoms with van der Waals surface area (Å²) in [7, 11) is 0. The fourth-order valence-electron chi connectivity index (χ4n) is 1.51. The van der Waals surface area contributed by atoms with Gasteiger partial charge >= 0.3 is 6.09 Å². The van der Waals surface area contributed by atoms with Crippen LogP contribution in [0.4, 0.5) is 9.80 Å². The van der Waals surface area contributed by atoms with Crippen LogP contribution in [0, 0.1) is 0 Å². The molecule has 1 N–H and O–H groups in total. The van der Waals surface area contributed by atoms with Crippen LogP contribution in [0.1, 0.15) is 6.92 Å². The molecule has 4 heteroatoms. The van der Waals surface area contributed by atoms with Crippen molar-refractivity contribution in [1.82, 2.24) is 0 Å². The number of hydrogen-bond donors (Lipinski definition) is 1. The van der Waals surface area contributed by atoms with Gasteiger partial charge in [0.15, 0.2) is 0 Å². The SMILES string of the molecule is CCOC(=O)Nc1sccc1-c1ccccc1. The number of carbonyl (C=O) groups is 1. The van der Waals surface area contributed by atoms with Gasteiger partial charge < -0.3 is 4.74 Å². The van der Waals surface area contributed by atoms with Crippen molar-refractivity contribution in [2.24, 2.45) is 0 Å². The highest BCUT2D eigenvalue weighted by atomic mass is 32.1. The molecular weight excluding hydrogens is 234 g/mol. The Morgan fingerprint density at radius 3 is 2.76 bits per heavy atom. The van der Waals surface area contributed by atoms with Gasteiger partial charge in [-0.25, -0.2) is 4.79 Å². The molecule has 1 aromatic carbocycles. The lowest BCUT2D eigenvalue weighted by molar-refractivity contribution is 0.168. The van der Waals surface area contributed by atoms with Gasteiger partial charge in [0.2, 0.25) is 0 Å². The van der Waals surface area contributed by atoms with E-state index in [1.54, 1.807) is 6.92 Å². The van der Waals surface area contributed by atoms with Crippen molar-refractivity contribution in [3.8, 4) is 11.1 Å². The van der Waals surface area contributed by atoms with Crippen LogP contribution in [0.3, 0.4) is 0 Å². The molecule has 0 bridgehead atoms. The maximum atomic E-state index is 11.4. The van der Waals surface area contributed by atoms with E-state index < -0.39 is 6.09 Å². The Morgan fingerprint density at radius 1 is 1.29 bits per heavy atom. The third kappa shape index (κ3) is 2.85. The Bertz CT molecular complexity index is 493. The van der Waals surface area contributed by atoms with E-state index in [4.69, 9.17) is 4.74 Å². The first-order valence-electron chi connectivity index (χ1n) is 5.38. The van der Waals surface area contributed by atoms with Gasteiger partial charge in [-0.2, -0.15) is 0 Å². The summed E-state index contributed by atoms with van der Waals surface area (Å²) in [6.45, 7) is 2.16. The van der Waals surface area contributed by atoms with Crippen LogP contribution in [0.15, 0.2) is 41.8 Å². The van der Waals surface area contributed by atoms with E-state index in [1.165, 1.54) is 11.3 Å². The second-order valence-corrected chi connectivity index (χ2v) is 4.29. The summed E-state index contributed by atoms with van der Waals surface area (Å²) in [5, 5.41) is 5.51. The first-order valence-corrected chi connectivity index (χ1v) is 6.26. The van der Waals surface area contributed by atoms with Gasteiger partial charge in [0, 0.05) is 5.56 Å². The molecule has 0 radical (unpaired) electrons. The minimum absolute atomic E-state index is 0.373. The van der Waals surface area contributed by atoms with Crippen LogP contribution >= 0.6 is 11.3 Å². The molecule has 0 unspecified atom stereocenters. The normalized spacial score (nSPS) is 9.94. The molecular formula is C13H13NO2S. The van der Waals surface area contributed by atoms with Crippen molar-refractivity contribution < 1.29 is 9.53 Å². The lowest BCUT2D eigenvalue weighted by atomic mass is 10.1. The summed E-state index contributed by atoms with van der Waals surface area (Å²) in [5.74, 6) is 0. The first kappa shape index (κ1) is 11.7. The molecule has 0 saturated carbocycles. The van der Waals surface area contributed by atoms with Gasteiger partial charge in [-0.1, -0.05) is 30.3 Å². The van der Waals surface area contributed by atoms with Crippen LogP contribution in [-0.2, 0) is 4.74 Å². The number of nitrogens with one attached hydrogen (secondary N) is 1. The molecule has 2 aromatic rings. The standard InChI is InChI=1S/C13H13NO2S/c1-2-16-13(15)14-12-11(8-9-17-12)10-6-4-3-5-7-10/h3-9H,2H2,1H3,(H,14,15). The lowest BCUT2D eigenvalue weighted by Crippen LogP contribution is -2.12. The Hall–Kier alpha value is -1.81. The minimum Gasteiger partial charge on any atom is -0.450 e. The van der Waals surface area contributed by atoms with Crippen LogP contribution in [-0.4, -0.2) is 12.7 Å². The quantitative estimate of drug-likeness (QED) is 0.890. The van der Waals surface area contributed by atoms with Gasteiger partial charge in [0.05, 0.1) is 6.61 Å². The second kappa shape index (κ2) is 5.50. The fourth-order valence-corrected chi connectivity index (χ4v) is 2.31. The zero-order valence-corrected chi connectivity index (χ0v) is 10.3. The molecule has 1 amide bonds. The molecule has 88 valence electrons. The highest BCUT2D eigenvalue weighted by Gasteiger charge is 2.09. The zero-order chi connectivity index (χ0) is 12.1. The Labute approximate surface area is 104 Å². The van der Waals surface area contributed by atoms with Crippen molar-refractivity contribution in [2.75, 3.05) is 11.9 Å². The van der Waals surface area contributed by atoms with Crippen molar-refractivity contribution in [2.45, 2.75) is 6.92 Å². The molecule has 1 heterocycles. The minimum atomic E-state index is -0.410. The predicted octanol–water partition coefficient (Wildman–Crippen LogP) is 3.98. The van der Waals surface area contributed by atoms with E-state index >= 15 is 0 Å². The van der Waals surface area contributed by atoms with Crippen molar-refractivity contribution in [3.63, 3.8) is 0 Å². The average Bonchev–Trinajstić information content (AvgIpc) is 2.78. The monoisotopic (exact) mass is 247 g/mol. The van der Waals surface area contributed by atoms with Gasteiger partial charge in [0.1, 0.15) is 5.00 Å². The van der Waals surface area contributed by atoms with Gasteiger partial charge in [-0.3, -0.25) is 5.32 Å². The second-order valence-electron chi connectivity index (χ2n) is 3.37. The topological polar surface area (TPSA) is 38.3 Å². The molecule has 3 nitrogen and oxygen atoms in total. The summed E-state index contributed by atoms with van der Waals surface area (Å²) < 4.78 is 4.86. The summed E-state index contributed by atoms with van der Waals surface area (Å²) in [6, 6.07) is 11.9. The summed E-state index contributed by atoms with van der Waals surface area (Å²) in [6.07, 6.45) is -0.410. The average molecular weight is 247 g/mol. The Balaban J connectivity index is 2.20. The molecule has 0 aliphatic carbocycles. The van der Waals surface area contributed by atoms with E-state index in [0.29, 0.717) is 6.61 Å². The fraction of sp³-hybridized carbons (Fsp3) is 0.154. The molecule has 17 heavy (non-hydrogen) atoms. The maximum Gasteiger partial charge on any atom is 0.412 e. The third-order valence-electron chi connectivity index (χ3n) is 2.24. The highest BCUT2D eigenvalue weighted by molar-refractivity contribution is 7.15. The molecule has 0 fully saturated rings. The molecule has 0 atom stereocenters. The number of benzene rings is 1.